The average Bonchev–Trinajstić information content (AvgIpc) is 2.85. The van der Waals surface area contributed by atoms with Crippen LogP contribution < -0.4 is 5.32 Å². The molecule has 0 spiro atoms. The highest BCUT2D eigenvalue weighted by Gasteiger charge is 2.40. The molecule has 0 saturated carbocycles. The Morgan fingerprint density at radius 3 is 2.43 bits per heavy atom. The number of carbonyl (C=O) groups is 2. The van der Waals surface area contributed by atoms with Crippen molar-refractivity contribution in [3.63, 3.8) is 0 Å². The zero-order chi connectivity index (χ0) is 16.2. The minimum absolute atomic E-state index is 0.0853. The second-order valence-electron chi connectivity index (χ2n) is 6.49. The van der Waals surface area contributed by atoms with Crippen molar-refractivity contribution in [2.24, 2.45) is 5.92 Å². The van der Waals surface area contributed by atoms with Crippen molar-refractivity contribution in [3.05, 3.63) is 0 Å². The predicted octanol–water partition coefficient (Wildman–Crippen LogP) is 1.78. The number of methoxy groups -OCH3 is 1. The Kier molecular flexibility index (Phi) is 6.01. The third kappa shape index (κ3) is 4.59. The smallest absolute Gasteiger partial charge is 0.410 e. The number of hydrogen-bond acceptors (Lipinski definition) is 4. The summed E-state index contributed by atoms with van der Waals surface area (Å²) >= 11 is 0. The Hall–Kier alpha value is -1.30. The van der Waals surface area contributed by atoms with Gasteiger partial charge in [0.15, 0.2) is 0 Å². The molecule has 0 unspecified atom stereocenters. The predicted molar refractivity (Wildman–Crippen MR) is 80.0 cm³/mol. The lowest BCUT2D eigenvalue weighted by Crippen LogP contribution is -2.50. The minimum Gasteiger partial charge on any atom is -0.444 e. The quantitative estimate of drug-likeness (QED) is 0.859. The van der Waals surface area contributed by atoms with Crippen LogP contribution in [0, 0.1) is 5.92 Å². The molecule has 122 valence electrons. The lowest BCUT2D eigenvalue weighted by Gasteiger charge is -2.34. The van der Waals surface area contributed by atoms with E-state index in [-0.39, 0.29) is 30.1 Å². The SMILES string of the molecule is CNC(=O)[C@H](C)[C@@H](OC)[C@@H]1CCCN1C(=O)OC(C)(C)C. The van der Waals surface area contributed by atoms with Crippen LogP contribution in [0.1, 0.15) is 40.5 Å². The van der Waals surface area contributed by atoms with E-state index in [1.807, 2.05) is 27.7 Å². The van der Waals surface area contributed by atoms with E-state index >= 15 is 0 Å². The molecular weight excluding hydrogens is 272 g/mol. The van der Waals surface area contributed by atoms with Crippen LogP contribution in [-0.4, -0.2) is 55.3 Å². The van der Waals surface area contributed by atoms with Crippen molar-refractivity contribution in [1.82, 2.24) is 10.2 Å². The first-order chi connectivity index (χ1) is 9.71. The molecule has 6 heteroatoms. The topological polar surface area (TPSA) is 67.9 Å². The highest BCUT2D eigenvalue weighted by atomic mass is 16.6. The van der Waals surface area contributed by atoms with Gasteiger partial charge in [-0.1, -0.05) is 6.92 Å². The molecule has 1 rings (SSSR count). The summed E-state index contributed by atoms with van der Waals surface area (Å²) in [6, 6.07) is -0.128. The maximum absolute atomic E-state index is 12.3. The first-order valence-corrected chi connectivity index (χ1v) is 7.45. The summed E-state index contributed by atoms with van der Waals surface area (Å²) in [6.45, 7) is 7.99. The Bertz CT molecular complexity index is 378. The van der Waals surface area contributed by atoms with Crippen LogP contribution in [0.2, 0.25) is 0 Å². The van der Waals surface area contributed by atoms with Gasteiger partial charge in [-0.3, -0.25) is 4.79 Å². The number of nitrogens with one attached hydrogen (secondary N) is 1. The van der Waals surface area contributed by atoms with Crippen molar-refractivity contribution in [3.8, 4) is 0 Å². The number of nitrogens with zero attached hydrogens (tertiary/aromatic N) is 1. The van der Waals surface area contributed by atoms with Gasteiger partial charge in [0.2, 0.25) is 5.91 Å². The highest BCUT2D eigenvalue weighted by molar-refractivity contribution is 5.79. The monoisotopic (exact) mass is 300 g/mol. The molecule has 0 aliphatic carbocycles. The number of likely N-dealkylation sites (tertiary alicyclic amines) is 1. The maximum atomic E-state index is 12.3. The molecule has 0 radical (unpaired) electrons. The first-order valence-electron chi connectivity index (χ1n) is 7.45. The van der Waals surface area contributed by atoms with Crippen LogP contribution in [0.5, 0.6) is 0 Å². The van der Waals surface area contributed by atoms with Gasteiger partial charge in [0, 0.05) is 20.7 Å². The zero-order valence-electron chi connectivity index (χ0n) is 13.9. The lowest BCUT2D eigenvalue weighted by atomic mass is 9.95. The van der Waals surface area contributed by atoms with Gasteiger partial charge in [0.1, 0.15) is 5.60 Å². The fourth-order valence-corrected chi connectivity index (χ4v) is 2.75. The summed E-state index contributed by atoms with van der Waals surface area (Å²) in [4.78, 5) is 25.8. The van der Waals surface area contributed by atoms with E-state index in [0.29, 0.717) is 6.54 Å². The largest absolute Gasteiger partial charge is 0.444 e. The molecule has 2 amide bonds. The molecule has 0 aromatic carbocycles. The van der Waals surface area contributed by atoms with Gasteiger partial charge in [-0.2, -0.15) is 0 Å². The minimum atomic E-state index is -0.529. The summed E-state index contributed by atoms with van der Waals surface area (Å²) in [7, 11) is 3.18. The van der Waals surface area contributed by atoms with E-state index in [0.717, 1.165) is 12.8 Å². The van der Waals surface area contributed by atoms with Crippen molar-refractivity contribution >= 4 is 12.0 Å². The third-order valence-electron chi connectivity index (χ3n) is 3.73. The van der Waals surface area contributed by atoms with Gasteiger partial charge in [0.05, 0.1) is 18.1 Å². The van der Waals surface area contributed by atoms with E-state index in [2.05, 4.69) is 5.32 Å². The van der Waals surface area contributed by atoms with E-state index < -0.39 is 5.60 Å². The first kappa shape index (κ1) is 17.8. The van der Waals surface area contributed by atoms with Gasteiger partial charge < -0.3 is 19.7 Å². The fraction of sp³-hybridized carbons (Fsp3) is 0.867. The van der Waals surface area contributed by atoms with Crippen LogP contribution >= 0.6 is 0 Å². The fourth-order valence-electron chi connectivity index (χ4n) is 2.75. The van der Waals surface area contributed by atoms with Gasteiger partial charge in [0.25, 0.3) is 0 Å². The molecule has 0 aromatic rings. The van der Waals surface area contributed by atoms with E-state index in [1.165, 1.54) is 0 Å². The summed E-state index contributed by atoms with van der Waals surface area (Å²) in [5.74, 6) is -0.411. The Morgan fingerprint density at radius 1 is 1.33 bits per heavy atom. The molecular formula is C15H28N2O4. The number of rotatable bonds is 4. The molecule has 6 nitrogen and oxygen atoms in total. The van der Waals surface area contributed by atoms with E-state index in [9.17, 15) is 9.59 Å². The van der Waals surface area contributed by atoms with Crippen molar-refractivity contribution in [1.29, 1.82) is 0 Å². The van der Waals surface area contributed by atoms with E-state index in [4.69, 9.17) is 9.47 Å². The normalized spacial score (nSPS) is 21.8. The van der Waals surface area contributed by atoms with Crippen molar-refractivity contribution in [2.75, 3.05) is 20.7 Å². The highest BCUT2D eigenvalue weighted by Crippen LogP contribution is 2.27. The number of hydrogen-bond donors (Lipinski definition) is 1. The summed E-state index contributed by atoms with van der Waals surface area (Å²) in [5.41, 5.74) is -0.529. The summed E-state index contributed by atoms with van der Waals surface area (Å²) in [6.07, 6.45) is 1.04. The molecule has 3 atom stereocenters. The summed E-state index contributed by atoms with van der Waals surface area (Å²) in [5, 5.41) is 2.63. The van der Waals surface area contributed by atoms with Crippen LogP contribution in [0.15, 0.2) is 0 Å². The van der Waals surface area contributed by atoms with Crippen LogP contribution in [0.3, 0.4) is 0 Å². The van der Waals surface area contributed by atoms with Crippen LogP contribution in [0.4, 0.5) is 4.79 Å². The second-order valence-corrected chi connectivity index (χ2v) is 6.49. The third-order valence-corrected chi connectivity index (χ3v) is 3.73. The summed E-state index contributed by atoms with van der Waals surface area (Å²) < 4.78 is 11.0. The molecule has 0 bridgehead atoms. The molecule has 1 saturated heterocycles. The molecule has 1 aliphatic rings. The lowest BCUT2D eigenvalue weighted by molar-refractivity contribution is -0.130. The number of amides is 2. The average molecular weight is 300 g/mol. The van der Waals surface area contributed by atoms with E-state index in [1.54, 1.807) is 19.1 Å². The molecule has 0 aromatic heterocycles. The Labute approximate surface area is 127 Å². The molecule has 1 fully saturated rings. The van der Waals surface area contributed by atoms with Crippen molar-refractivity contribution in [2.45, 2.75) is 58.3 Å². The second kappa shape index (κ2) is 7.11. The molecule has 1 heterocycles. The van der Waals surface area contributed by atoms with Crippen LogP contribution in [-0.2, 0) is 14.3 Å². The Morgan fingerprint density at radius 2 is 1.95 bits per heavy atom. The molecule has 1 aliphatic heterocycles. The standard InChI is InChI=1S/C15H28N2O4/c1-10(13(18)16-5)12(20-6)11-8-7-9-17(11)14(19)21-15(2,3)4/h10-12H,7-9H2,1-6H3,(H,16,18)/t10-,11+,12-/m1/s1. The Balaban J connectivity index is 2.83. The van der Waals surface area contributed by atoms with Gasteiger partial charge in [-0.15, -0.1) is 0 Å². The van der Waals surface area contributed by atoms with Gasteiger partial charge in [-0.25, -0.2) is 4.79 Å². The number of carbonyl (C=O) groups excluding carboxylic acids is 2. The number of ether oxygens (including phenoxy) is 2. The van der Waals surface area contributed by atoms with Crippen molar-refractivity contribution < 1.29 is 19.1 Å². The molecule has 21 heavy (non-hydrogen) atoms. The van der Waals surface area contributed by atoms with Gasteiger partial charge >= 0.3 is 6.09 Å². The molecule has 1 N–H and O–H groups in total. The zero-order valence-corrected chi connectivity index (χ0v) is 13.9. The maximum Gasteiger partial charge on any atom is 0.410 e. The van der Waals surface area contributed by atoms with Gasteiger partial charge in [-0.05, 0) is 33.6 Å². The van der Waals surface area contributed by atoms with Crippen LogP contribution in [0.25, 0.3) is 0 Å².